The number of nitrogens with one attached hydrogen (secondary N) is 1. The maximum absolute atomic E-state index is 14.4. The van der Waals surface area contributed by atoms with Crippen LogP contribution in [-0.2, 0) is 5.54 Å². The normalized spacial score (nSPS) is 17.4. The standard InChI is InChI=1S/C29H26FN9OS/c30-24-2-1-19(13-23(24)27-33-9-12-41-27)28(40)37-10-4-21(5-11-37)38-16-29(17-38,6-7-31)39-15-20(14-36-39)25-22-3-8-32-26(22)35-18-34-25/h1-3,8-9,12-15,18,21H,4-6,10-11,16-17H2,(H,32,34,35). The Bertz CT molecular complexity index is 1760. The molecule has 12 heteroatoms. The molecule has 206 valence electrons. The zero-order chi connectivity index (χ0) is 28.0. The molecule has 0 atom stereocenters. The number of rotatable bonds is 6. The van der Waals surface area contributed by atoms with Crippen LogP contribution >= 0.6 is 11.3 Å². The van der Waals surface area contributed by atoms with E-state index in [1.165, 1.54) is 23.7 Å². The van der Waals surface area contributed by atoms with E-state index in [0.717, 1.165) is 48.2 Å². The van der Waals surface area contributed by atoms with Crippen molar-refractivity contribution in [2.75, 3.05) is 26.2 Å². The number of likely N-dealkylation sites (tertiary alicyclic amines) is 2. The molecule has 0 bridgehead atoms. The van der Waals surface area contributed by atoms with Gasteiger partial charge in [-0.05, 0) is 37.1 Å². The molecule has 0 radical (unpaired) electrons. The minimum atomic E-state index is -0.398. The largest absolute Gasteiger partial charge is 0.346 e. The van der Waals surface area contributed by atoms with E-state index in [1.54, 1.807) is 29.9 Å². The number of hydrogen-bond acceptors (Lipinski definition) is 8. The van der Waals surface area contributed by atoms with Gasteiger partial charge in [-0.15, -0.1) is 11.3 Å². The molecule has 4 aromatic heterocycles. The van der Waals surface area contributed by atoms with E-state index in [9.17, 15) is 14.4 Å². The topological polar surface area (TPSA) is 120 Å². The second kappa shape index (κ2) is 10.2. The fourth-order valence-electron chi connectivity index (χ4n) is 6.06. The molecule has 1 aromatic carbocycles. The summed E-state index contributed by atoms with van der Waals surface area (Å²) in [5, 5.41) is 17.6. The van der Waals surface area contributed by atoms with Crippen molar-refractivity contribution in [3.8, 4) is 27.9 Å². The molecule has 2 aliphatic rings. The van der Waals surface area contributed by atoms with Crippen LogP contribution in [0.2, 0.25) is 0 Å². The molecular weight excluding hydrogens is 541 g/mol. The first-order chi connectivity index (χ1) is 20.0. The highest BCUT2D eigenvalue weighted by Gasteiger charge is 2.48. The van der Waals surface area contributed by atoms with Gasteiger partial charge >= 0.3 is 0 Å². The number of carbonyl (C=O) groups excluding carboxylic acids is 1. The predicted molar refractivity (Wildman–Crippen MR) is 151 cm³/mol. The molecule has 1 amide bonds. The number of amides is 1. The van der Waals surface area contributed by atoms with Crippen LogP contribution in [0.15, 0.2) is 60.8 Å². The molecule has 2 saturated heterocycles. The van der Waals surface area contributed by atoms with Gasteiger partial charge in [0.1, 0.15) is 28.3 Å². The van der Waals surface area contributed by atoms with Crippen LogP contribution in [0.25, 0.3) is 32.9 Å². The highest BCUT2D eigenvalue weighted by atomic mass is 32.1. The van der Waals surface area contributed by atoms with Gasteiger partial charge in [0.05, 0.1) is 24.4 Å². The number of nitrogens with zero attached hydrogens (tertiary/aromatic N) is 8. The fraction of sp³-hybridized carbons (Fsp3) is 0.310. The molecular formula is C29H26FN9OS. The first-order valence-electron chi connectivity index (χ1n) is 13.5. The molecule has 1 N–H and O–H groups in total. The summed E-state index contributed by atoms with van der Waals surface area (Å²) in [6, 6.07) is 9.14. The minimum absolute atomic E-state index is 0.0889. The number of carbonyl (C=O) groups is 1. The highest BCUT2D eigenvalue weighted by Crippen LogP contribution is 2.37. The number of benzene rings is 1. The summed E-state index contributed by atoms with van der Waals surface area (Å²) in [6.45, 7) is 2.69. The van der Waals surface area contributed by atoms with Crippen LogP contribution in [0.3, 0.4) is 0 Å². The Morgan fingerprint density at radius 3 is 2.83 bits per heavy atom. The first-order valence-corrected chi connectivity index (χ1v) is 14.4. The Labute approximate surface area is 239 Å². The van der Waals surface area contributed by atoms with Crippen LogP contribution in [0.1, 0.15) is 29.6 Å². The lowest BCUT2D eigenvalue weighted by Gasteiger charge is -2.53. The lowest BCUT2D eigenvalue weighted by molar-refractivity contribution is -0.0412. The Kier molecular flexibility index (Phi) is 6.33. The monoisotopic (exact) mass is 567 g/mol. The Hall–Kier alpha value is -4.47. The molecule has 0 unspecified atom stereocenters. The minimum Gasteiger partial charge on any atom is -0.346 e. The number of piperidine rings is 1. The van der Waals surface area contributed by atoms with Crippen LogP contribution < -0.4 is 0 Å². The fourth-order valence-corrected chi connectivity index (χ4v) is 6.71. The second-order valence-electron chi connectivity index (χ2n) is 10.7. The smallest absolute Gasteiger partial charge is 0.253 e. The van der Waals surface area contributed by atoms with Crippen molar-refractivity contribution in [1.82, 2.24) is 39.5 Å². The van der Waals surface area contributed by atoms with E-state index in [0.29, 0.717) is 41.7 Å². The van der Waals surface area contributed by atoms with Crippen molar-refractivity contribution in [3.63, 3.8) is 0 Å². The molecule has 5 aromatic rings. The number of aromatic nitrogens is 6. The van der Waals surface area contributed by atoms with E-state index >= 15 is 0 Å². The van der Waals surface area contributed by atoms with Crippen LogP contribution in [0.4, 0.5) is 4.39 Å². The van der Waals surface area contributed by atoms with Crippen molar-refractivity contribution in [1.29, 1.82) is 5.26 Å². The summed E-state index contributed by atoms with van der Waals surface area (Å²) in [4.78, 5) is 33.6. The van der Waals surface area contributed by atoms with Gasteiger partial charge in [0.2, 0.25) is 0 Å². The number of hydrogen-bond donors (Lipinski definition) is 1. The van der Waals surface area contributed by atoms with E-state index in [2.05, 4.69) is 36.0 Å². The van der Waals surface area contributed by atoms with E-state index in [1.807, 2.05) is 28.0 Å². The summed E-state index contributed by atoms with van der Waals surface area (Å²) >= 11 is 1.35. The van der Waals surface area contributed by atoms with Gasteiger partial charge in [0.15, 0.2) is 0 Å². The highest BCUT2D eigenvalue weighted by molar-refractivity contribution is 7.13. The van der Waals surface area contributed by atoms with Gasteiger partial charge in [-0.3, -0.25) is 14.4 Å². The van der Waals surface area contributed by atoms with E-state index < -0.39 is 5.54 Å². The third kappa shape index (κ3) is 4.47. The summed E-state index contributed by atoms with van der Waals surface area (Å²) < 4.78 is 16.3. The first kappa shape index (κ1) is 25.5. The third-order valence-electron chi connectivity index (χ3n) is 8.24. The van der Waals surface area contributed by atoms with Crippen molar-refractivity contribution in [3.05, 3.63) is 72.1 Å². The summed E-state index contributed by atoms with van der Waals surface area (Å²) in [6.07, 6.45) is 10.8. The van der Waals surface area contributed by atoms with E-state index in [4.69, 9.17) is 0 Å². The van der Waals surface area contributed by atoms with Crippen molar-refractivity contribution < 1.29 is 9.18 Å². The lowest BCUT2D eigenvalue weighted by Crippen LogP contribution is -2.66. The van der Waals surface area contributed by atoms with Gasteiger partial charge in [-0.2, -0.15) is 10.4 Å². The molecule has 0 aliphatic carbocycles. The Morgan fingerprint density at radius 2 is 2.05 bits per heavy atom. The van der Waals surface area contributed by atoms with Crippen LogP contribution in [-0.4, -0.2) is 77.6 Å². The number of fused-ring (bicyclic) bond motifs is 1. The predicted octanol–water partition coefficient (Wildman–Crippen LogP) is 4.31. The molecule has 2 aliphatic heterocycles. The number of thiazole rings is 1. The average Bonchev–Trinajstić information content (AvgIpc) is 3.77. The molecule has 41 heavy (non-hydrogen) atoms. The average molecular weight is 568 g/mol. The molecule has 10 nitrogen and oxygen atoms in total. The summed E-state index contributed by atoms with van der Waals surface area (Å²) in [7, 11) is 0. The van der Waals surface area contributed by atoms with Gasteiger partial charge in [-0.25, -0.2) is 19.3 Å². The third-order valence-corrected chi connectivity index (χ3v) is 9.05. The maximum atomic E-state index is 14.4. The lowest BCUT2D eigenvalue weighted by atomic mass is 9.83. The molecule has 6 heterocycles. The number of halogens is 1. The molecule has 0 spiro atoms. The zero-order valence-electron chi connectivity index (χ0n) is 22.1. The Morgan fingerprint density at radius 1 is 1.20 bits per heavy atom. The van der Waals surface area contributed by atoms with Crippen LogP contribution in [0, 0.1) is 17.1 Å². The number of aromatic amines is 1. The number of nitriles is 1. The van der Waals surface area contributed by atoms with Gasteiger partial charge in [0.25, 0.3) is 5.91 Å². The van der Waals surface area contributed by atoms with Gasteiger partial charge in [0, 0.05) is 78.3 Å². The zero-order valence-corrected chi connectivity index (χ0v) is 22.9. The van der Waals surface area contributed by atoms with Gasteiger partial charge < -0.3 is 9.88 Å². The summed E-state index contributed by atoms with van der Waals surface area (Å²) in [5.74, 6) is -0.470. The van der Waals surface area contributed by atoms with Crippen molar-refractivity contribution in [2.24, 2.45) is 0 Å². The molecule has 2 fully saturated rings. The number of H-pyrrole nitrogens is 1. The quantitative estimate of drug-likeness (QED) is 0.325. The van der Waals surface area contributed by atoms with Crippen molar-refractivity contribution >= 4 is 28.3 Å². The molecule has 0 saturated carbocycles. The molecule has 7 rings (SSSR count). The van der Waals surface area contributed by atoms with Gasteiger partial charge in [-0.1, -0.05) is 0 Å². The van der Waals surface area contributed by atoms with Crippen molar-refractivity contribution in [2.45, 2.75) is 30.8 Å². The van der Waals surface area contributed by atoms with E-state index in [-0.39, 0.29) is 11.7 Å². The van der Waals surface area contributed by atoms with Crippen LogP contribution in [0.5, 0.6) is 0 Å². The SMILES string of the molecule is N#CCC1(n2cc(-c3ncnc4[nH]ccc34)cn2)CN(C2CCN(C(=O)c3ccc(F)c(-c4nccs4)c3)CC2)C1. The second-order valence-corrected chi connectivity index (χ2v) is 11.5. The maximum Gasteiger partial charge on any atom is 0.253 e. The Balaban J connectivity index is 1.01. The summed E-state index contributed by atoms with van der Waals surface area (Å²) in [5.41, 5.74) is 2.90.